The summed E-state index contributed by atoms with van der Waals surface area (Å²) in [5.74, 6) is 0.841. The zero-order chi connectivity index (χ0) is 22.7. The van der Waals surface area contributed by atoms with Crippen LogP contribution in [0.4, 0.5) is 19.0 Å². The van der Waals surface area contributed by atoms with Gasteiger partial charge < -0.3 is 19.2 Å². The SMILES string of the molecule is Cc1nnc(-c2ccc(CN(c3cccc(C(F)(F)F)n3)C(O)N3CCOCC3)cc2)o1. The van der Waals surface area contributed by atoms with Gasteiger partial charge in [-0.1, -0.05) is 18.2 Å². The molecule has 170 valence electrons. The zero-order valence-electron chi connectivity index (χ0n) is 17.3. The van der Waals surface area contributed by atoms with Gasteiger partial charge in [-0.3, -0.25) is 4.90 Å². The average molecular weight is 449 g/mol. The number of nitrogens with zero attached hydrogens (tertiary/aromatic N) is 5. The number of hydrogen-bond donors (Lipinski definition) is 1. The summed E-state index contributed by atoms with van der Waals surface area (Å²) < 4.78 is 50.4. The molecule has 8 nitrogen and oxygen atoms in total. The molecule has 1 fully saturated rings. The summed E-state index contributed by atoms with van der Waals surface area (Å²) in [6, 6.07) is 10.8. The summed E-state index contributed by atoms with van der Waals surface area (Å²) in [5.41, 5.74) is 0.458. The van der Waals surface area contributed by atoms with Gasteiger partial charge in [0.2, 0.25) is 11.8 Å². The predicted octanol–water partition coefficient (Wildman–Crippen LogP) is 3.07. The monoisotopic (exact) mass is 449 g/mol. The van der Waals surface area contributed by atoms with Crippen LogP contribution >= 0.6 is 0 Å². The number of aromatic nitrogens is 3. The highest BCUT2D eigenvalue weighted by atomic mass is 19.4. The molecule has 0 saturated carbocycles. The smallest absolute Gasteiger partial charge is 0.421 e. The van der Waals surface area contributed by atoms with Gasteiger partial charge in [-0.15, -0.1) is 10.2 Å². The quantitative estimate of drug-likeness (QED) is 0.575. The number of halogens is 3. The molecule has 1 aliphatic rings. The van der Waals surface area contributed by atoms with Crippen molar-refractivity contribution in [3.8, 4) is 11.5 Å². The van der Waals surface area contributed by atoms with E-state index < -0.39 is 18.2 Å². The first-order valence-electron chi connectivity index (χ1n) is 10.0. The lowest BCUT2D eigenvalue weighted by molar-refractivity contribution is -0.141. The van der Waals surface area contributed by atoms with Gasteiger partial charge in [-0.05, 0) is 29.8 Å². The van der Waals surface area contributed by atoms with E-state index in [1.807, 2.05) is 0 Å². The number of hydrogen-bond acceptors (Lipinski definition) is 8. The maximum atomic E-state index is 13.2. The highest BCUT2D eigenvalue weighted by molar-refractivity contribution is 5.53. The van der Waals surface area contributed by atoms with E-state index in [4.69, 9.17) is 9.15 Å². The maximum absolute atomic E-state index is 13.2. The van der Waals surface area contributed by atoms with Crippen LogP contribution in [0.15, 0.2) is 46.9 Å². The van der Waals surface area contributed by atoms with Crippen molar-refractivity contribution in [2.75, 3.05) is 31.2 Å². The highest BCUT2D eigenvalue weighted by Gasteiger charge is 2.34. The van der Waals surface area contributed by atoms with E-state index in [0.717, 1.165) is 11.6 Å². The first kappa shape index (κ1) is 22.2. The Kier molecular flexibility index (Phi) is 6.40. The molecule has 4 rings (SSSR count). The van der Waals surface area contributed by atoms with Crippen molar-refractivity contribution < 1.29 is 27.4 Å². The molecule has 1 N–H and O–H groups in total. The molecule has 3 heterocycles. The molecule has 3 aromatic rings. The van der Waals surface area contributed by atoms with Crippen LogP contribution in [0.25, 0.3) is 11.5 Å². The number of aryl methyl sites for hydroxylation is 1. The molecule has 1 atom stereocenters. The van der Waals surface area contributed by atoms with Crippen molar-refractivity contribution in [3.63, 3.8) is 0 Å². The van der Waals surface area contributed by atoms with Crippen LogP contribution in [0.5, 0.6) is 0 Å². The van der Waals surface area contributed by atoms with E-state index in [9.17, 15) is 18.3 Å². The molecule has 1 unspecified atom stereocenters. The number of morpholine rings is 1. The summed E-state index contributed by atoms with van der Waals surface area (Å²) >= 11 is 0. The Bertz CT molecular complexity index is 1040. The molecule has 0 bridgehead atoms. The van der Waals surface area contributed by atoms with Gasteiger partial charge in [0.15, 0.2) is 6.35 Å². The maximum Gasteiger partial charge on any atom is 0.433 e. The Morgan fingerprint density at radius 3 is 2.44 bits per heavy atom. The fraction of sp³-hybridized carbons (Fsp3) is 0.381. The number of aliphatic hydroxyl groups is 1. The summed E-state index contributed by atoms with van der Waals surface area (Å²) in [7, 11) is 0. The summed E-state index contributed by atoms with van der Waals surface area (Å²) in [4.78, 5) is 6.95. The van der Waals surface area contributed by atoms with Crippen LogP contribution in [-0.2, 0) is 17.5 Å². The molecular formula is C21H22F3N5O3. The van der Waals surface area contributed by atoms with Gasteiger partial charge in [-0.2, -0.15) is 13.2 Å². The topological polar surface area (TPSA) is 87.8 Å². The third-order valence-corrected chi connectivity index (χ3v) is 5.05. The summed E-state index contributed by atoms with van der Waals surface area (Å²) in [6.07, 6.45) is -5.76. The number of anilines is 1. The lowest BCUT2D eigenvalue weighted by Gasteiger charge is -2.38. The number of alkyl halides is 3. The van der Waals surface area contributed by atoms with Crippen molar-refractivity contribution in [1.29, 1.82) is 0 Å². The van der Waals surface area contributed by atoms with Crippen molar-refractivity contribution in [1.82, 2.24) is 20.1 Å². The number of aliphatic hydroxyl groups excluding tert-OH is 1. The Morgan fingerprint density at radius 2 is 1.81 bits per heavy atom. The lowest BCUT2D eigenvalue weighted by Crippen LogP contribution is -2.52. The van der Waals surface area contributed by atoms with Gasteiger partial charge in [0.1, 0.15) is 11.5 Å². The fourth-order valence-electron chi connectivity index (χ4n) is 3.39. The fourth-order valence-corrected chi connectivity index (χ4v) is 3.39. The molecule has 1 aliphatic heterocycles. The van der Waals surface area contributed by atoms with Crippen molar-refractivity contribution >= 4 is 5.82 Å². The third kappa shape index (κ3) is 5.06. The van der Waals surface area contributed by atoms with Crippen LogP contribution in [0.2, 0.25) is 0 Å². The Hall–Kier alpha value is -3.02. The van der Waals surface area contributed by atoms with E-state index in [1.54, 1.807) is 36.1 Å². The number of rotatable bonds is 6. The number of ether oxygens (including phenoxy) is 1. The first-order chi connectivity index (χ1) is 15.3. The second-order valence-electron chi connectivity index (χ2n) is 7.32. The molecule has 0 radical (unpaired) electrons. The van der Waals surface area contributed by atoms with Crippen LogP contribution < -0.4 is 4.90 Å². The minimum Gasteiger partial charge on any atom is -0.421 e. The van der Waals surface area contributed by atoms with E-state index >= 15 is 0 Å². The van der Waals surface area contributed by atoms with Gasteiger partial charge in [0.05, 0.1) is 13.2 Å². The summed E-state index contributed by atoms with van der Waals surface area (Å²) in [6.45, 7) is 3.59. The molecule has 11 heteroatoms. The number of pyridine rings is 1. The number of benzene rings is 1. The molecule has 2 aromatic heterocycles. The minimum atomic E-state index is -4.59. The largest absolute Gasteiger partial charge is 0.433 e. The van der Waals surface area contributed by atoms with Crippen LogP contribution in [0.1, 0.15) is 17.1 Å². The Labute approximate surface area is 182 Å². The van der Waals surface area contributed by atoms with Crippen molar-refractivity contribution in [3.05, 3.63) is 59.6 Å². The van der Waals surface area contributed by atoms with Crippen LogP contribution in [0.3, 0.4) is 0 Å². The minimum absolute atomic E-state index is 0.0235. The van der Waals surface area contributed by atoms with Crippen molar-refractivity contribution in [2.24, 2.45) is 0 Å². The van der Waals surface area contributed by atoms with Gasteiger partial charge in [-0.25, -0.2) is 4.98 Å². The second kappa shape index (κ2) is 9.23. The third-order valence-electron chi connectivity index (χ3n) is 5.05. The first-order valence-corrected chi connectivity index (χ1v) is 10.0. The molecule has 0 spiro atoms. The van der Waals surface area contributed by atoms with Gasteiger partial charge in [0, 0.05) is 32.1 Å². The van der Waals surface area contributed by atoms with Crippen LogP contribution in [-0.4, -0.2) is 57.8 Å². The van der Waals surface area contributed by atoms with E-state index in [1.165, 1.54) is 17.0 Å². The summed E-state index contributed by atoms with van der Waals surface area (Å²) in [5, 5.41) is 18.8. The van der Waals surface area contributed by atoms with Crippen LogP contribution in [0, 0.1) is 6.92 Å². The lowest BCUT2D eigenvalue weighted by atomic mass is 10.1. The Morgan fingerprint density at radius 1 is 1.09 bits per heavy atom. The molecule has 0 amide bonds. The standard InChI is InChI=1S/C21H22F3N5O3/c1-14-26-27-19(32-14)16-7-5-15(6-8-16)13-29(20(30)28-9-11-31-12-10-28)18-4-2-3-17(25-18)21(22,23)24/h2-8,20,30H,9-13H2,1H3. The normalized spacial score (nSPS) is 16.2. The van der Waals surface area contributed by atoms with E-state index in [-0.39, 0.29) is 12.4 Å². The highest BCUT2D eigenvalue weighted by Crippen LogP contribution is 2.30. The molecule has 1 saturated heterocycles. The van der Waals surface area contributed by atoms with Gasteiger partial charge >= 0.3 is 6.18 Å². The van der Waals surface area contributed by atoms with E-state index in [0.29, 0.717) is 43.6 Å². The second-order valence-corrected chi connectivity index (χ2v) is 7.32. The molecule has 32 heavy (non-hydrogen) atoms. The van der Waals surface area contributed by atoms with Crippen molar-refractivity contribution in [2.45, 2.75) is 26.0 Å². The average Bonchev–Trinajstić information content (AvgIpc) is 3.24. The van der Waals surface area contributed by atoms with E-state index in [2.05, 4.69) is 15.2 Å². The molecular weight excluding hydrogens is 427 g/mol. The zero-order valence-corrected chi connectivity index (χ0v) is 17.3. The molecule has 0 aliphatic carbocycles. The van der Waals surface area contributed by atoms with Gasteiger partial charge in [0.25, 0.3) is 0 Å². The molecule has 1 aromatic carbocycles. The Balaban J connectivity index is 1.62. The predicted molar refractivity (Wildman–Crippen MR) is 108 cm³/mol.